The van der Waals surface area contributed by atoms with Crippen LogP contribution in [0.1, 0.15) is 30.4 Å². The minimum Gasteiger partial charge on any atom is -0.483 e. The summed E-state index contributed by atoms with van der Waals surface area (Å²) in [7, 11) is 1.31. The third kappa shape index (κ3) is 6.80. The van der Waals surface area contributed by atoms with E-state index in [4.69, 9.17) is 14.2 Å². The number of carbonyl (C=O) groups excluding carboxylic acids is 1. The molecule has 0 spiro atoms. The third-order valence-corrected chi connectivity index (χ3v) is 6.58. The SMILES string of the molecule is COC[C@@H](CO[C@@H]1CCN(C2CCN(c3ncc(C(F)(F)F)cn3)CC2)C1=O)Oc1cn[nH]c(=O)c1C(F)(F)F. The van der Waals surface area contributed by atoms with E-state index in [1.54, 1.807) is 14.9 Å². The Labute approximate surface area is 223 Å². The first-order valence-corrected chi connectivity index (χ1v) is 12.2. The van der Waals surface area contributed by atoms with Gasteiger partial charge in [-0.1, -0.05) is 0 Å². The Bertz CT molecular complexity index is 1220. The van der Waals surface area contributed by atoms with Crippen LogP contribution in [-0.2, 0) is 26.6 Å². The van der Waals surface area contributed by atoms with Crippen molar-refractivity contribution in [2.75, 3.05) is 44.9 Å². The fourth-order valence-corrected chi connectivity index (χ4v) is 4.65. The van der Waals surface area contributed by atoms with E-state index in [2.05, 4.69) is 15.1 Å². The van der Waals surface area contributed by atoms with Gasteiger partial charge in [-0.15, -0.1) is 0 Å². The number of anilines is 1. The number of aromatic nitrogens is 4. The van der Waals surface area contributed by atoms with E-state index in [0.29, 0.717) is 38.9 Å². The maximum absolute atomic E-state index is 13.3. The summed E-state index contributed by atoms with van der Waals surface area (Å²) in [5.41, 5.74) is -3.94. The summed E-state index contributed by atoms with van der Waals surface area (Å²) in [5, 5.41) is 5.08. The van der Waals surface area contributed by atoms with E-state index in [0.717, 1.165) is 18.6 Å². The maximum atomic E-state index is 13.3. The number of rotatable bonds is 9. The van der Waals surface area contributed by atoms with E-state index in [-0.39, 0.29) is 31.1 Å². The Morgan fingerprint density at radius 2 is 1.65 bits per heavy atom. The van der Waals surface area contributed by atoms with Crippen molar-refractivity contribution in [2.45, 2.75) is 49.9 Å². The van der Waals surface area contributed by atoms with Crippen molar-refractivity contribution in [1.29, 1.82) is 0 Å². The van der Waals surface area contributed by atoms with E-state index < -0.39 is 47.0 Å². The van der Waals surface area contributed by atoms with E-state index >= 15 is 0 Å². The Hall–Kier alpha value is -3.47. The third-order valence-electron chi connectivity index (χ3n) is 6.58. The van der Waals surface area contributed by atoms with Crippen LogP contribution in [0, 0.1) is 0 Å². The number of carbonyl (C=O) groups is 1. The normalized spacial score (nSPS) is 19.8. The number of nitrogens with one attached hydrogen (secondary N) is 1. The van der Waals surface area contributed by atoms with E-state index in [1.165, 1.54) is 7.11 Å². The number of aromatic amines is 1. The summed E-state index contributed by atoms with van der Waals surface area (Å²) in [4.78, 5) is 35.8. The summed E-state index contributed by atoms with van der Waals surface area (Å²) < 4.78 is 94.3. The highest BCUT2D eigenvalue weighted by Crippen LogP contribution is 2.33. The van der Waals surface area contributed by atoms with Gasteiger partial charge in [-0.2, -0.15) is 31.4 Å². The zero-order valence-corrected chi connectivity index (χ0v) is 21.2. The van der Waals surface area contributed by atoms with Gasteiger partial charge in [0.15, 0.2) is 11.3 Å². The molecule has 0 bridgehead atoms. The number of hydrogen-bond acceptors (Lipinski definition) is 9. The van der Waals surface area contributed by atoms with Crippen molar-refractivity contribution in [2.24, 2.45) is 0 Å². The van der Waals surface area contributed by atoms with Crippen LogP contribution in [0.15, 0.2) is 23.4 Å². The summed E-state index contributed by atoms with van der Waals surface area (Å²) in [6.45, 7) is 0.795. The van der Waals surface area contributed by atoms with Gasteiger partial charge in [0.1, 0.15) is 12.2 Å². The highest BCUT2D eigenvalue weighted by Gasteiger charge is 2.40. The molecule has 2 aromatic heterocycles. The molecule has 0 aromatic carbocycles. The predicted molar refractivity (Wildman–Crippen MR) is 124 cm³/mol. The molecular formula is C23H26F6N6O5. The molecule has 4 rings (SSSR count). The van der Waals surface area contributed by atoms with Gasteiger partial charge in [0.25, 0.3) is 11.5 Å². The number of methoxy groups -OCH3 is 1. The molecule has 2 aliphatic heterocycles. The summed E-state index contributed by atoms with van der Waals surface area (Å²) >= 11 is 0. The molecule has 2 fully saturated rings. The molecule has 0 radical (unpaired) electrons. The summed E-state index contributed by atoms with van der Waals surface area (Å²) in [6, 6.07) is -0.130. The lowest BCUT2D eigenvalue weighted by Crippen LogP contribution is -2.47. The lowest BCUT2D eigenvalue weighted by Gasteiger charge is -2.36. The van der Waals surface area contributed by atoms with Crippen molar-refractivity contribution in [3.8, 4) is 5.75 Å². The van der Waals surface area contributed by atoms with Gasteiger partial charge >= 0.3 is 12.4 Å². The van der Waals surface area contributed by atoms with Crippen LogP contribution in [0.25, 0.3) is 0 Å². The number of hydrogen-bond donors (Lipinski definition) is 1. The summed E-state index contributed by atoms with van der Waals surface area (Å²) in [5.74, 6) is -0.895. The molecule has 2 aromatic rings. The molecule has 2 saturated heterocycles. The molecule has 17 heteroatoms. The first kappa shape index (κ1) is 29.5. The Morgan fingerprint density at radius 3 is 2.25 bits per heavy atom. The molecule has 40 heavy (non-hydrogen) atoms. The molecule has 4 heterocycles. The minimum atomic E-state index is -4.99. The first-order valence-electron chi connectivity index (χ1n) is 12.2. The van der Waals surface area contributed by atoms with Crippen LogP contribution in [0.5, 0.6) is 5.75 Å². The molecule has 11 nitrogen and oxygen atoms in total. The van der Waals surface area contributed by atoms with Crippen LogP contribution in [-0.4, -0.2) is 89.2 Å². The second-order valence-corrected chi connectivity index (χ2v) is 9.26. The van der Waals surface area contributed by atoms with Gasteiger partial charge in [-0.25, -0.2) is 15.1 Å². The molecule has 1 amide bonds. The topological polar surface area (TPSA) is 123 Å². The van der Waals surface area contributed by atoms with Crippen LogP contribution < -0.4 is 15.2 Å². The molecule has 0 saturated carbocycles. The monoisotopic (exact) mass is 580 g/mol. The molecule has 0 aliphatic carbocycles. The fourth-order valence-electron chi connectivity index (χ4n) is 4.65. The Kier molecular flexibility index (Phi) is 8.82. The van der Waals surface area contributed by atoms with Crippen LogP contribution in [0.4, 0.5) is 32.3 Å². The van der Waals surface area contributed by atoms with Gasteiger partial charge in [-0.05, 0) is 12.8 Å². The predicted octanol–water partition coefficient (Wildman–Crippen LogP) is 2.28. The van der Waals surface area contributed by atoms with Crippen molar-refractivity contribution < 1.29 is 45.3 Å². The van der Waals surface area contributed by atoms with Crippen LogP contribution in [0.3, 0.4) is 0 Å². The summed E-state index contributed by atoms with van der Waals surface area (Å²) in [6.07, 6.45) is -7.81. The number of alkyl halides is 6. The van der Waals surface area contributed by atoms with Crippen LogP contribution >= 0.6 is 0 Å². The Morgan fingerprint density at radius 1 is 0.975 bits per heavy atom. The number of piperidine rings is 1. The average Bonchev–Trinajstić information content (AvgIpc) is 3.26. The highest BCUT2D eigenvalue weighted by molar-refractivity contribution is 5.83. The maximum Gasteiger partial charge on any atom is 0.425 e. The number of likely N-dealkylation sites (tertiary alicyclic amines) is 1. The molecule has 1 N–H and O–H groups in total. The second kappa shape index (κ2) is 12.0. The van der Waals surface area contributed by atoms with Crippen molar-refractivity contribution in [3.05, 3.63) is 40.1 Å². The van der Waals surface area contributed by atoms with E-state index in [9.17, 15) is 35.9 Å². The number of ether oxygens (including phenoxy) is 3. The minimum absolute atomic E-state index is 0.130. The molecular weight excluding hydrogens is 554 g/mol. The second-order valence-electron chi connectivity index (χ2n) is 9.26. The molecule has 220 valence electrons. The standard InChI is InChI=1S/C23H26F6N6O5/c1-38-11-15(40-17-10-32-33-19(36)18(17)23(27,28)29)12-39-16-4-7-35(20(16)37)14-2-5-34(6-3-14)21-30-8-13(9-31-21)22(24,25)26/h8-10,14-16H,2-7,11-12H2,1H3,(H,33,36)/t15-,16+/m0/s1. The van der Waals surface area contributed by atoms with Gasteiger partial charge in [0.05, 0.1) is 25.0 Å². The molecule has 2 aliphatic rings. The van der Waals surface area contributed by atoms with Gasteiger partial charge in [0, 0.05) is 51.6 Å². The quantitative estimate of drug-likeness (QED) is 0.445. The fraction of sp³-hybridized carbons (Fsp3) is 0.609. The number of halogens is 6. The Balaban J connectivity index is 1.31. The largest absolute Gasteiger partial charge is 0.483 e. The first-order chi connectivity index (χ1) is 18.9. The lowest BCUT2D eigenvalue weighted by molar-refractivity contribution is -0.143. The smallest absolute Gasteiger partial charge is 0.425 e. The lowest BCUT2D eigenvalue weighted by atomic mass is 10.0. The number of H-pyrrole nitrogens is 1. The molecule has 0 unspecified atom stereocenters. The van der Waals surface area contributed by atoms with E-state index in [1.807, 2.05) is 0 Å². The van der Waals surface area contributed by atoms with Gasteiger partial charge in [0.2, 0.25) is 5.95 Å². The highest BCUT2D eigenvalue weighted by atomic mass is 19.4. The number of amides is 1. The average molecular weight is 580 g/mol. The van der Waals surface area contributed by atoms with Gasteiger partial charge < -0.3 is 24.0 Å². The van der Waals surface area contributed by atoms with Crippen molar-refractivity contribution in [1.82, 2.24) is 25.1 Å². The van der Waals surface area contributed by atoms with Crippen molar-refractivity contribution in [3.63, 3.8) is 0 Å². The number of nitrogens with zero attached hydrogens (tertiary/aromatic N) is 5. The van der Waals surface area contributed by atoms with Gasteiger partial charge in [-0.3, -0.25) is 9.59 Å². The van der Waals surface area contributed by atoms with Crippen LogP contribution in [0.2, 0.25) is 0 Å². The molecule has 2 atom stereocenters. The van der Waals surface area contributed by atoms with Crippen molar-refractivity contribution >= 4 is 11.9 Å². The zero-order chi connectivity index (χ0) is 29.1. The zero-order valence-electron chi connectivity index (χ0n) is 21.2.